The third-order valence-corrected chi connectivity index (χ3v) is 4.05. The van der Waals surface area contributed by atoms with Gasteiger partial charge in [0.05, 0.1) is 12.3 Å². The third-order valence-electron chi connectivity index (χ3n) is 2.44. The molecule has 0 saturated heterocycles. The molecular formula is C11H13NO3S. The van der Waals surface area contributed by atoms with Crippen LogP contribution in [0, 0.1) is 0 Å². The molecule has 1 aliphatic heterocycles. The third kappa shape index (κ3) is 1.72. The van der Waals surface area contributed by atoms with Gasteiger partial charge in [0.2, 0.25) is 9.84 Å². The number of hydrogen-bond acceptors (Lipinski definition) is 4. The van der Waals surface area contributed by atoms with Crippen molar-refractivity contribution >= 4 is 21.1 Å². The maximum absolute atomic E-state index is 11.8. The molecular weight excluding hydrogens is 226 g/mol. The predicted octanol–water partition coefficient (Wildman–Crippen LogP) is 1.43. The van der Waals surface area contributed by atoms with Gasteiger partial charge in [0.1, 0.15) is 4.90 Å². The zero-order valence-electron chi connectivity index (χ0n) is 8.93. The molecule has 86 valence electrons. The molecule has 4 nitrogen and oxygen atoms in total. The van der Waals surface area contributed by atoms with Gasteiger partial charge >= 0.3 is 0 Å². The molecule has 5 heteroatoms. The van der Waals surface area contributed by atoms with Gasteiger partial charge in [-0.25, -0.2) is 8.42 Å². The summed E-state index contributed by atoms with van der Waals surface area (Å²) in [6.45, 7) is 2.71. The van der Waals surface area contributed by atoms with Crippen LogP contribution in [0.3, 0.4) is 0 Å². The predicted molar refractivity (Wildman–Crippen MR) is 62.5 cm³/mol. The highest BCUT2D eigenvalue weighted by atomic mass is 32.2. The molecule has 0 bridgehead atoms. The Balaban J connectivity index is 2.52. The van der Waals surface area contributed by atoms with Gasteiger partial charge in [-0.1, -0.05) is 12.1 Å². The fourth-order valence-electron chi connectivity index (χ4n) is 1.76. The lowest BCUT2D eigenvalue weighted by molar-refractivity contribution is 0.182. The summed E-state index contributed by atoms with van der Waals surface area (Å²) in [7, 11) is -3.38. The number of ether oxygens (including phenoxy) is 1. The Morgan fingerprint density at radius 2 is 2.12 bits per heavy atom. The Morgan fingerprint density at radius 1 is 1.38 bits per heavy atom. The van der Waals surface area contributed by atoms with Crippen LogP contribution in [0.4, 0.5) is 5.69 Å². The number of nitrogen functional groups attached to an aromatic ring is 1. The van der Waals surface area contributed by atoms with Crippen molar-refractivity contribution in [3.05, 3.63) is 29.2 Å². The molecule has 0 saturated carbocycles. The lowest BCUT2D eigenvalue weighted by Gasteiger charge is -2.05. The summed E-state index contributed by atoms with van der Waals surface area (Å²) >= 11 is 0. The largest absolute Gasteiger partial charge is 0.398 e. The van der Waals surface area contributed by atoms with Crippen LogP contribution in [-0.2, 0) is 14.6 Å². The molecule has 1 aromatic carbocycles. The van der Waals surface area contributed by atoms with Crippen molar-refractivity contribution in [1.82, 2.24) is 0 Å². The van der Waals surface area contributed by atoms with E-state index in [4.69, 9.17) is 10.5 Å². The molecule has 0 aromatic heterocycles. The first-order valence-corrected chi connectivity index (χ1v) is 6.53. The molecule has 0 amide bonds. The average molecular weight is 239 g/mol. The SMILES string of the molecule is CCOCC1=CS(=O)(=O)c2c(N)cccc21. The van der Waals surface area contributed by atoms with E-state index in [1.807, 2.05) is 6.92 Å². The van der Waals surface area contributed by atoms with Crippen molar-refractivity contribution in [2.75, 3.05) is 18.9 Å². The minimum Gasteiger partial charge on any atom is -0.398 e. The van der Waals surface area contributed by atoms with Crippen molar-refractivity contribution in [3.8, 4) is 0 Å². The number of fused-ring (bicyclic) bond motifs is 1. The van der Waals surface area contributed by atoms with Gasteiger partial charge in [0.15, 0.2) is 0 Å². The standard InChI is InChI=1S/C11H13NO3S/c1-2-15-6-8-7-16(13,14)11-9(8)4-3-5-10(11)12/h3-5,7H,2,6,12H2,1H3. The monoisotopic (exact) mass is 239 g/mol. The maximum atomic E-state index is 11.8. The minimum atomic E-state index is -3.38. The molecule has 16 heavy (non-hydrogen) atoms. The Bertz CT molecular complexity index is 546. The first-order chi connectivity index (χ1) is 7.56. The quantitative estimate of drug-likeness (QED) is 0.810. The molecule has 1 aliphatic rings. The summed E-state index contributed by atoms with van der Waals surface area (Å²) in [6, 6.07) is 5.09. The second-order valence-corrected chi connectivity index (χ2v) is 5.28. The average Bonchev–Trinajstić information content (AvgIpc) is 2.49. The van der Waals surface area contributed by atoms with Crippen molar-refractivity contribution in [2.45, 2.75) is 11.8 Å². The van der Waals surface area contributed by atoms with Gasteiger partial charge < -0.3 is 10.5 Å². The fraction of sp³-hybridized carbons (Fsp3) is 0.273. The van der Waals surface area contributed by atoms with Gasteiger partial charge in [-0.15, -0.1) is 0 Å². The number of hydrogen-bond donors (Lipinski definition) is 1. The second-order valence-electron chi connectivity index (χ2n) is 3.55. The van der Waals surface area contributed by atoms with Gasteiger partial charge in [0, 0.05) is 17.6 Å². The van der Waals surface area contributed by atoms with Gasteiger partial charge in [-0.3, -0.25) is 0 Å². The molecule has 0 fully saturated rings. The molecule has 0 unspecified atom stereocenters. The molecule has 2 rings (SSSR count). The van der Waals surface area contributed by atoms with Gasteiger partial charge in [-0.05, 0) is 18.6 Å². The number of sulfone groups is 1. The summed E-state index contributed by atoms with van der Waals surface area (Å²) < 4.78 is 28.9. The van der Waals surface area contributed by atoms with Crippen LogP contribution >= 0.6 is 0 Å². The van der Waals surface area contributed by atoms with E-state index in [0.29, 0.717) is 30.0 Å². The fourth-order valence-corrected chi connectivity index (χ4v) is 3.35. The van der Waals surface area contributed by atoms with E-state index in [9.17, 15) is 8.42 Å². The van der Waals surface area contributed by atoms with Crippen LogP contribution in [0.2, 0.25) is 0 Å². The molecule has 2 N–H and O–H groups in total. The zero-order valence-corrected chi connectivity index (χ0v) is 9.75. The first kappa shape index (κ1) is 11.2. The smallest absolute Gasteiger partial charge is 0.202 e. The van der Waals surface area contributed by atoms with Gasteiger partial charge in [-0.2, -0.15) is 0 Å². The van der Waals surface area contributed by atoms with E-state index in [0.717, 1.165) is 0 Å². The maximum Gasteiger partial charge on any atom is 0.202 e. The van der Waals surface area contributed by atoms with E-state index in [-0.39, 0.29) is 4.90 Å². The molecule has 0 atom stereocenters. The Labute approximate surface area is 94.6 Å². The van der Waals surface area contributed by atoms with E-state index in [1.54, 1.807) is 18.2 Å². The summed E-state index contributed by atoms with van der Waals surface area (Å²) in [5.74, 6) is 0. The first-order valence-electron chi connectivity index (χ1n) is 4.98. The number of benzene rings is 1. The van der Waals surface area contributed by atoms with Gasteiger partial charge in [0.25, 0.3) is 0 Å². The summed E-state index contributed by atoms with van der Waals surface area (Å²) in [5, 5.41) is 1.24. The molecule has 0 aliphatic carbocycles. The Hall–Kier alpha value is -1.33. The Kier molecular flexibility index (Phi) is 2.73. The number of anilines is 1. The van der Waals surface area contributed by atoms with Crippen LogP contribution in [0.15, 0.2) is 28.5 Å². The zero-order chi connectivity index (χ0) is 11.8. The highest BCUT2D eigenvalue weighted by Gasteiger charge is 2.28. The van der Waals surface area contributed by atoms with Crippen molar-refractivity contribution in [2.24, 2.45) is 0 Å². The van der Waals surface area contributed by atoms with E-state index >= 15 is 0 Å². The molecule has 0 spiro atoms. The highest BCUT2D eigenvalue weighted by molar-refractivity contribution is 7.95. The van der Waals surface area contributed by atoms with E-state index in [2.05, 4.69) is 0 Å². The normalized spacial score (nSPS) is 16.9. The molecule has 1 aromatic rings. The van der Waals surface area contributed by atoms with Crippen LogP contribution in [0.5, 0.6) is 0 Å². The number of nitrogens with two attached hydrogens (primary N) is 1. The highest BCUT2D eigenvalue weighted by Crippen LogP contribution is 2.36. The number of rotatable bonds is 3. The van der Waals surface area contributed by atoms with Crippen molar-refractivity contribution in [3.63, 3.8) is 0 Å². The summed E-state index contributed by atoms with van der Waals surface area (Å²) in [4.78, 5) is 0.213. The van der Waals surface area contributed by atoms with Crippen LogP contribution in [0.25, 0.3) is 5.57 Å². The van der Waals surface area contributed by atoms with Crippen LogP contribution in [-0.4, -0.2) is 21.6 Å². The van der Waals surface area contributed by atoms with E-state index in [1.165, 1.54) is 5.41 Å². The molecule has 0 radical (unpaired) electrons. The molecule has 1 heterocycles. The summed E-state index contributed by atoms with van der Waals surface area (Å²) in [6.07, 6.45) is 0. The Morgan fingerprint density at radius 3 is 2.81 bits per heavy atom. The summed E-state index contributed by atoms with van der Waals surface area (Å²) in [5.41, 5.74) is 7.31. The lowest BCUT2D eigenvalue weighted by atomic mass is 10.1. The second kappa shape index (κ2) is 3.92. The van der Waals surface area contributed by atoms with Crippen LogP contribution in [0.1, 0.15) is 12.5 Å². The topological polar surface area (TPSA) is 69.4 Å². The van der Waals surface area contributed by atoms with Crippen LogP contribution < -0.4 is 5.73 Å². The lowest BCUT2D eigenvalue weighted by Crippen LogP contribution is -2.00. The van der Waals surface area contributed by atoms with Crippen molar-refractivity contribution < 1.29 is 13.2 Å². The van der Waals surface area contributed by atoms with E-state index < -0.39 is 9.84 Å². The minimum absolute atomic E-state index is 0.213. The van der Waals surface area contributed by atoms with Crippen molar-refractivity contribution in [1.29, 1.82) is 0 Å².